The molecule has 0 aromatic heterocycles. The molecular formula is C22H24N2O2S. The second-order valence-electron chi connectivity index (χ2n) is 6.50. The molecule has 0 saturated heterocycles. The van der Waals surface area contributed by atoms with E-state index in [2.05, 4.69) is 10.0 Å². The van der Waals surface area contributed by atoms with Gasteiger partial charge in [-0.1, -0.05) is 78.4 Å². The molecule has 0 radical (unpaired) electrons. The van der Waals surface area contributed by atoms with Gasteiger partial charge in [0.2, 0.25) is 10.0 Å². The highest BCUT2D eigenvalue weighted by Gasteiger charge is 2.28. The molecule has 0 heterocycles. The van der Waals surface area contributed by atoms with Crippen molar-refractivity contribution in [1.29, 1.82) is 0 Å². The number of benzene rings is 3. The van der Waals surface area contributed by atoms with Crippen LogP contribution in [0.1, 0.15) is 28.8 Å². The zero-order valence-corrected chi connectivity index (χ0v) is 16.3. The number of likely N-dealkylation sites (N-methyl/N-ethyl adjacent to an activating group) is 1. The molecular weight excluding hydrogens is 356 g/mol. The molecule has 3 aromatic carbocycles. The van der Waals surface area contributed by atoms with Crippen molar-refractivity contribution in [3.8, 4) is 0 Å². The number of aryl methyl sites for hydroxylation is 1. The highest BCUT2D eigenvalue weighted by atomic mass is 32.2. The maximum atomic E-state index is 13.0. The Morgan fingerprint density at radius 1 is 0.704 bits per heavy atom. The first-order chi connectivity index (χ1) is 13.0. The van der Waals surface area contributed by atoms with E-state index in [0.29, 0.717) is 0 Å². The Labute approximate surface area is 161 Å². The Hall–Kier alpha value is -2.47. The van der Waals surface area contributed by atoms with Crippen molar-refractivity contribution >= 4 is 10.0 Å². The summed E-state index contributed by atoms with van der Waals surface area (Å²) < 4.78 is 29.0. The summed E-state index contributed by atoms with van der Waals surface area (Å²) >= 11 is 0. The summed E-state index contributed by atoms with van der Waals surface area (Å²) in [6.07, 6.45) is 0. The molecule has 0 unspecified atom stereocenters. The topological polar surface area (TPSA) is 58.2 Å². The fourth-order valence-electron chi connectivity index (χ4n) is 3.13. The Morgan fingerprint density at radius 3 is 1.67 bits per heavy atom. The Morgan fingerprint density at radius 2 is 1.19 bits per heavy atom. The van der Waals surface area contributed by atoms with Gasteiger partial charge in [-0.3, -0.25) is 0 Å². The third-order valence-electron chi connectivity index (χ3n) is 4.58. The maximum Gasteiger partial charge on any atom is 0.241 e. The van der Waals surface area contributed by atoms with E-state index in [1.807, 2.05) is 74.6 Å². The molecule has 2 N–H and O–H groups in total. The summed E-state index contributed by atoms with van der Waals surface area (Å²) in [7, 11) is -1.84. The lowest BCUT2D eigenvalue weighted by molar-refractivity contribution is 0.451. The molecule has 0 saturated carbocycles. The minimum atomic E-state index is -3.68. The van der Waals surface area contributed by atoms with E-state index in [1.165, 1.54) is 0 Å². The summed E-state index contributed by atoms with van der Waals surface area (Å²) in [4.78, 5) is 0.261. The monoisotopic (exact) mass is 380 g/mol. The molecule has 3 rings (SSSR count). The third-order valence-corrected chi connectivity index (χ3v) is 6.03. The van der Waals surface area contributed by atoms with E-state index in [1.54, 1.807) is 24.3 Å². The van der Waals surface area contributed by atoms with Crippen molar-refractivity contribution in [3.63, 3.8) is 0 Å². The zero-order chi connectivity index (χ0) is 19.3. The van der Waals surface area contributed by atoms with Gasteiger partial charge in [0, 0.05) is 0 Å². The van der Waals surface area contributed by atoms with Crippen molar-refractivity contribution in [1.82, 2.24) is 10.0 Å². The molecule has 140 valence electrons. The average Bonchev–Trinajstić information content (AvgIpc) is 2.69. The van der Waals surface area contributed by atoms with E-state index in [9.17, 15) is 8.42 Å². The predicted octanol–water partition coefficient (Wildman–Crippen LogP) is 3.98. The van der Waals surface area contributed by atoms with Gasteiger partial charge in [0.25, 0.3) is 0 Å². The number of sulfonamides is 1. The van der Waals surface area contributed by atoms with Gasteiger partial charge in [-0.25, -0.2) is 13.1 Å². The van der Waals surface area contributed by atoms with Gasteiger partial charge in [-0.2, -0.15) is 0 Å². The fourth-order valence-corrected chi connectivity index (χ4v) is 4.36. The maximum absolute atomic E-state index is 13.0. The van der Waals surface area contributed by atoms with Gasteiger partial charge >= 0.3 is 0 Å². The molecule has 27 heavy (non-hydrogen) atoms. The Balaban J connectivity index is 2.01. The van der Waals surface area contributed by atoms with Crippen LogP contribution < -0.4 is 10.0 Å². The minimum Gasteiger partial charge on any atom is -0.311 e. The van der Waals surface area contributed by atoms with Crippen molar-refractivity contribution in [2.75, 3.05) is 7.05 Å². The van der Waals surface area contributed by atoms with Crippen molar-refractivity contribution in [3.05, 3.63) is 102 Å². The lowest BCUT2D eigenvalue weighted by Crippen LogP contribution is -2.37. The van der Waals surface area contributed by atoms with E-state index < -0.39 is 16.1 Å². The van der Waals surface area contributed by atoms with E-state index >= 15 is 0 Å². The van der Waals surface area contributed by atoms with Crippen LogP contribution in [0.3, 0.4) is 0 Å². The fraction of sp³-hybridized carbons (Fsp3) is 0.182. The van der Waals surface area contributed by atoms with Crippen LogP contribution in [0.4, 0.5) is 0 Å². The van der Waals surface area contributed by atoms with Gasteiger partial charge in [0.1, 0.15) is 0 Å². The molecule has 0 bridgehead atoms. The Bertz CT molecular complexity index is 956. The summed E-state index contributed by atoms with van der Waals surface area (Å²) in [5, 5.41) is 3.27. The standard InChI is InChI=1S/C22H24N2O2S/c1-17-13-15-20(16-14-17)27(25,26)24-22(19-11-7-4-8-12-19)21(23-2)18-9-5-3-6-10-18/h3-16,21-24H,1-2H3/t21-,22-/m1/s1. The van der Waals surface area contributed by atoms with Crippen molar-refractivity contribution in [2.24, 2.45) is 0 Å². The molecule has 0 aliphatic rings. The molecule has 0 spiro atoms. The van der Waals surface area contributed by atoms with Crippen LogP contribution in [-0.4, -0.2) is 15.5 Å². The SMILES string of the molecule is CN[C@H](c1ccccc1)[C@H](NS(=O)(=O)c1ccc(C)cc1)c1ccccc1. The average molecular weight is 381 g/mol. The van der Waals surface area contributed by atoms with Crippen molar-refractivity contribution < 1.29 is 8.42 Å². The molecule has 0 aliphatic heterocycles. The van der Waals surface area contributed by atoms with Crippen molar-refractivity contribution in [2.45, 2.75) is 23.9 Å². The second kappa shape index (κ2) is 8.48. The number of hydrogen-bond donors (Lipinski definition) is 2. The lowest BCUT2D eigenvalue weighted by atomic mass is 9.94. The highest BCUT2D eigenvalue weighted by Crippen LogP contribution is 2.30. The lowest BCUT2D eigenvalue weighted by Gasteiger charge is -2.28. The van der Waals surface area contributed by atoms with E-state index in [0.717, 1.165) is 16.7 Å². The van der Waals surface area contributed by atoms with Crippen LogP contribution in [0.25, 0.3) is 0 Å². The van der Waals surface area contributed by atoms with E-state index in [-0.39, 0.29) is 10.9 Å². The molecule has 3 aromatic rings. The van der Waals surface area contributed by atoms with Crippen LogP contribution in [0.5, 0.6) is 0 Å². The van der Waals surface area contributed by atoms with Crippen LogP contribution in [0.15, 0.2) is 89.8 Å². The van der Waals surface area contributed by atoms with Crippen LogP contribution in [0, 0.1) is 6.92 Å². The summed E-state index contributed by atoms with van der Waals surface area (Å²) in [5.41, 5.74) is 2.93. The molecule has 5 heteroatoms. The third kappa shape index (κ3) is 4.63. The molecule has 0 amide bonds. The van der Waals surface area contributed by atoms with Gasteiger partial charge in [0.05, 0.1) is 17.0 Å². The first kappa shape index (κ1) is 19.3. The predicted molar refractivity (Wildman–Crippen MR) is 109 cm³/mol. The molecule has 0 fully saturated rings. The second-order valence-corrected chi connectivity index (χ2v) is 8.21. The molecule has 2 atom stereocenters. The first-order valence-electron chi connectivity index (χ1n) is 8.87. The van der Waals surface area contributed by atoms with Gasteiger partial charge < -0.3 is 5.32 Å². The van der Waals surface area contributed by atoms with E-state index in [4.69, 9.17) is 0 Å². The highest BCUT2D eigenvalue weighted by molar-refractivity contribution is 7.89. The number of hydrogen-bond acceptors (Lipinski definition) is 3. The summed E-state index contributed by atoms with van der Waals surface area (Å²) in [5.74, 6) is 0. The van der Waals surface area contributed by atoms with Crippen LogP contribution in [0.2, 0.25) is 0 Å². The first-order valence-corrected chi connectivity index (χ1v) is 10.4. The van der Waals surface area contributed by atoms with Crippen LogP contribution in [-0.2, 0) is 10.0 Å². The smallest absolute Gasteiger partial charge is 0.241 e. The largest absolute Gasteiger partial charge is 0.311 e. The van der Waals surface area contributed by atoms with Gasteiger partial charge in [-0.15, -0.1) is 0 Å². The summed E-state index contributed by atoms with van der Waals surface area (Å²) in [6, 6.07) is 25.7. The molecule has 4 nitrogen and oxygen atoms in total. The zero-order valence-electron chi connectivity index (χ0n) is 15.5. The number of nitrogens with one attached hydrogen (secondary N) is 2. The summed E-state index contributed by atoms with van der Waals surface area (Å²) in [6.45, 7) is 1.93. The minimum absolute atomic E-state index is 0.214. The number of rotatable bonds is 7. The quantitative estimate of drug-likeness (QED) is 0.652. The van der Waals surface area contributed by atoms with Crippen LogP contribution >= 0.6 is 0 Å². The van der Waals surface area contributed by atoms with Gasteiger partial charge in [-0.05, 0) is 37.2 Å². The normalized spacial score (nSPS) is 13.9. The van der Waals surface area contributed by atoms with Gasteiger partial charge in [0.15, 0.2) is 0 Å². The Kier molecular flexibility index (Phi) is 6.06. The molecule has 0 aliphatic carbocycles.